The molecule has 1 heterocycles. The van der Waals surface area contributed by atoms with Gasteiger partial charge in [0.1, 0.15) is 0 Å². The van der Waals surface area contributed by atoms with Crippen LogP contribution in [0.5, 0.6) is 0 Å². The van der Waals surface area contributed by atoms with E-state index in [-0.39, 0.29) is 5.91 Å². The monoisotopic (exact) mass is 321 g/mol. The fraction of sp³-hybridized carbons (Fsp3) is 0.286. The normalized spacial score (nSPS) is 11.3. The highest BCUT2D eigenvalue weighted by Crippen LogP contribution is 2.21. The molecule has 0 aliphatic rings. The SMILES string of the molecule is CC(C)(Br)C(=O)Nc1ccccc1Cn1cccn1. The molecule has 0 atom stereocenters. The Morgan fingerprint density at radius 2 is 2.11 bits per heavy atom. The van der Waals surface area contributed by atoms with Crippen LogP contribution >= 0.6 is 15.9 Å². The van der Waals surface area contributed by atoms with Gasteiger partial charge in [-0.25, -0.2) is 0 Å². The minimum Gasteiger partial charge on any atom is -0.325 e. The van der Waals surface area contributed by atoms with Crippen molar-refractivity contribution in [3.8, 4) is 0 Å². The average Bonchev–Trinajstić information content (AvgIpc) is 2.83. The summed E-state index contributed by atoms with van der Waals surface area (Å²) in [5.74, 6) is -0.0691. The van der Waals surface area contributed by atoms with Crippen molar-refractivity contribution in [2.24, 2.45) is 0 Å². The van der Waals surface area contributed by atoms with Gasteiger partial charge in [0, 0.05) is 18.1 Å². The lowest BCUT2D eigenvalue weighted by Crippen LogP contribution is -2.31. The van der Waals surface area contributed by atoms with E-state index in [1.807, 2.05) is 55.1 Å². The van der Waals surface area contributed by atoms with Gasteiger partial charge in [-0.15, -0.1) is 0 Å². The number of halogens is 1. The second-order valence-electron chi connectivity index (χ2n) is 4.79. The third-order valence-electron chi connectivity index (χ3n) is 2.70. The molecule has 0 aliphatic heterocycles. The molecule has 1 aromatic carbocycles. The van der Waals surface area contributed by atoms with Crippen molar-refractivity contribution in [2.45, 2.75) is 24.7 Å². The molecule has 0 bridgehead atoms. The Morgan fingerprint density at radius 1 is 1.37 bits per heavy atom. The molecule has 0 saturated heterocycles. The number of rotatable bonds is 4. The van der Waals surface area contributed by atoms with Gasteiger partial charge in [-0.1, -0.05) is 34.1 Å². The van der Waals surface area contributed by atoms with Gasteiger partial charge in [-0.3, -0.25) is 9.48 Å². The van der Waals surface area contributed by atoms with E-state index in [1.165, 1.54) is 0 Å². The smallest absolute Gasteiger partial charge is 0.240 e. The topological polar surface area (TPSA) is 46.9 Å². The van der Waals surface area contributed by atoms with E-state index in [0.717, 1.165) is 11.3 Å². The molecule has 100 valence electrons. The molecule has 5 heteroatoms. The van der Waals surface area contributed by atoms with Crippen molar-refractivity contribution in [2.75, 3.05) is 5.32 Å². The Balaban J connectivity index is 2.19. The van der Waals surface area contributed by atoms with Crippen molar-refractivity contribution >= 4 is 27.5 Å². The van der Waals surface area contributed by atoms with Gasteiger partial charge >= 0.3 is 0 Å². The van der Waals surface area contributed by atoms with Gasteiger partial charge in [0.15, 0.2) is 0 Å². The molecule has 2 aromatic rings. The molecule has 4 nitrogen and oxygen atoms in total. The summed E-state index contributed by atoms with van der Waals surface area (Å²) >= 11 is 3.36. The molecule has 1 aromatic heterocycles. The molecule has 0 aliphatic carbocycles. The molecule has 0 spiro atoms. The molecule has 2 rings (SSSR count). The minimum atomic E-state index is -0.591. The molecule has 1 amide bonds. The summed E-state index contributed by atoms with van der Waals surface area (Å²) in [5, 5.41) is 7.11. The largest absolute Gasteiger partial charge is 0.325 e. The molecule has 0 unspecified atom stereocenters. The van der Waals surface area contributed by atoms with Gasteiger partial charge in [0.25, 0.3) is 0 Å². The first-order chi connectivity index (χ1) is 8.97. The van der Waals surface area contributed by atoms with Crippen LogP contribution in [0.25, 0.3) is 0 Å². The number of hydrogen-bond acceptors (Lipinski definition) is 2. The van der Waals surface area contributed by atoms with Crippen LogP contribution in [0.4, 0.5) is 5.69 Å². The van der Waals surface area contributed by atoms with Gasteiger partial charge in [-0.2, -0.15) is 5.10 Å². The predicted octanol–water partition coefficient (Wildman–Crippen LogP) is 3.04. The van der Waals surface area contributed by atoms with Crippen LogP contribution in [0, 0.1) is 0 Å². The van der Waals surface area contributed by atoms with Gasteiger partial charge in [0.2, 0.25) is 5.91 Å². The lowest BCUT2D eigenvalue weighted by molar-refractivity contribution is -0.117. The fourth-order valence-corrected chi connectivity index (χ4v) is 1.72. The van der Waals surface area contributed by atoms with E-state index in [1.54, 1.807) is 6.20 Å². The predicted molar refractivity (Wildman–Crippen MR) is 79.4 cm³/mol. The zero-order valence-corrected chi connectivity index (χ0v) is 12.5. The first-order valence-electron chi connectivity index (χ1n) is 6.02. The fourth-order valence-electron chi connectivity index (χ4n) is 1.62. The van der Waals surface area contributed by atoms with Gasteiger partial charge < -0.3 is 5.32 Å². The van der Waals surface area contributed by atoms with Crippen LogP contribution < -0.4 is 5.32 Å². The molecule has 0 saturated carbocycles. The zero-order chi connectivity index (χ0) is 13.9. The summed E-state index contributed by atoms with van der Waals surface area (Å²) in [7, 11) is 0. The highest BCUT2D eigenvalue weighted by atomic mass is 79.9. The molecule has 0 radical (unpaired) electrons. The van der Waals surface area contributed by atoms with Crippen molar-refractivity contribution in [1.82, 2.24) is 9.78 Å². The number of carbonyl (C=O) groups excluding carboxylic acids is 1. The Morgan fingerprint density at radius 3 is 2.74 bits per heavy atom. The maximum Gasteiger partial charge on any atom is 0.240 e. The van der Waals surface area contributed by atoms with Crippen LogP contribution in [0.3, 0.4) is 0 Å². The van der Waals surface area contributed by atoms with Gasteiger partial charge in [-0.05, 0) is 31.5 Å². The number of amides is 1. The van der Waals surface area contributed by atoms with E-state index >= 15 is 0 Å². The van der Waals surface area contributed by atoms with Crippen molar-refractivity contribution in [3.63, 3.8) is 0 Å². The van der Waals surface area contributed by atoms with Crippen molar-refractivity contribution in [1.29, 1.82) is 0 Å². The third kappa shape index (κ3) is 3.67. The molecular weight excluding hydrogens is 306 g/mol. The summed E-state index contributed by atoms with van der Waals surface area (Å²) in [6.45, 7) is 4.27. The highest BCUT2D eigenvalue weighted by Gasteiger charge is 2.24. The van der Waals surface area contributed by atoms with Crippen molar-refractivity contribution < 1.29 is 4.79 Å². The number of benzene rings is 1. The molecule has 19 heavy (non-hydrogen) atoms. The Labute approximate surface area is 120 Å². The summed E-state index contributed by atoms with van der Waals surface area (Å²) in [6, 6.07) is 9.62. The maximum absolute atomic E-state index is 12.0. The van der Waals surface area contributed by atoms with Crippen LogP contribution in [-0.2, 0) is 11.3 Å². The van der Waals surface area contributed by atoms with Crippen molar-refractivity contribution in [3.05, 3.63) is 48.3 Å². The Bertz CT molecular complexity index is 558. The van der Waals surface area contributed by atoms with E-state index in [0.29, 0.717) is 6.54 Å². The first-order valence-corrected chi connectivity index (χ1v) is 6.82. The number of nitrogens with one attached hydrogen (secondary N) is 1. The van der Waals surface area contributed by atoms with E-state index < -0.39 is 4.32 Å². The van der Waals surface area contributed by atoms with E-state index in [2.05, 4.69) is 26.3 Å². The number of alkyl halides is 1. The minimum absolute atomic E-state index is 0.0691. The number of carbonyl (C=O) groups is 1. The highest BCUT2D eigenvalue weighted by molar-refractivity contribution is 9.10. The third-order valence-corrected chi connectivity index (χ3v) is 3.06. The summed E-state index contributed by atoms with van der Waals surface area (Å²) in [5.41, 5.74) is 1.84. The second kappa shape index (κ2) is 5.57. The number of para-hydroxylation sites is 1. The lowest BCUT2D eigenvalue weighted by atomic mass is 10.1. The quantitative estimate of drug-likeness (QED) is 0.880. The van der Waals surface area contributed by atoms with Crippen LogP contribution in [0.2, 0.25) is 0 Å². The number of anilines is 1. The molecule has 1 N–H and O–H groups in total. The maximum atomic E-state index is 12.0. The molecule has 0 fully saturated rings. The Hall–Kier alpha value is -1.62. The first kappa shape index (κ1) is 13.8. The van der Waals surface area contributed by atoms with Crippen LogP contribution in [0.1, 0.15) is 19.4 Å². The zero-order valence-electron chi connectivity index (χ0n) is 10.9. The second-order valence-corrected chi connectivity index (χ2v) is 6.77. The van der Waals surface area contributed by atoms with Crippen LogP contribution in [-0.4, -0.2) is 20.0 Å². The summed E-state index contributed by atoms with van der Waals surface area (Å²) in [4.78, 5) is 12.0. The number of hydrogen-bond donors (Lipinski definition) is 1. The summed E-state index contributed by atoms with van der Waals surface area (Å²) < 4.78 is 1.23. The van der Waals surface area contributed by atoms with E-state index in [9.17, 15) is 4.79 Å². The summed E-state index contributed by atoms with van der Waals surface area (Å²) in [6.07, 6.45) is 3.63. The van der Waals surface area contributed by atoms with Gasteiger partial charge in [0.05, 0.1) is 10.9 Å². The van der Waals surface area contributed by atoms with E-state index in [4.69, 9.17) is 0 Å². The average molecular weight is 322 g/mol. The lowest BCUT2D eigenvalue weighted by Gasteiger charge is -2.18. The number of nitrogens with zero attached hydrogens (tertiary/aromatic N) is 2. The molecular formula is C14H16BrN3O. The number of aromatic nitrogens is 2. The standard InChI is InChI=1S/C14H16BrN3O/c1-14(2,15)13(19)17-12-7-4-3-6-11(12)10-18-9-5-8-16-18/h3-9H,10H2,1-2H3,(H,17,19). The van der Waals surface area contributed by atoms with Crippen LogP contribution in [0.15, 0.2) is 42.7 Å². The Kier molecular flexibility index (Phi) is 4.04.